The third-order valence-electron chi connectivity index (χ3n) is 4.21. The molecule has 3 aromatic rings. The van der Waals surface area contributed by atoms with E-state index in [2.05, 4.69) is 20.9 Å². The van der Waals surface area contributed by atoms with Crippen molar-refractivity contribution in [2.45, 2.75) is 6.92 Å². The molecule has 2 heterocycles. The van der Waals surface area contributed by atoms with Crippen LogP contribution in [0.15, 0.2) is 80.4 Å². The van der Waals surface area contributed by atoms with Gasteiger partial charge in [-0.15, -0.1) is 0 Å². The molecule has 0 spiro atoms. The number of benzene rings is 2. The molecule has 156 valence electrons. The van der Waals surface area contributed by atoms with Crippen LogP contribution >= 0.6 is 15.9 Å². The number of carbonyl (C=O) groups excluding carboxylic acids is 2. The zero-order valence-electron chi connectivity index (χ0n) is 16.3. The number of carbonyl (C=O) groups is 2. The summed E-state index contributed by atoms with van der Waals surface area (Å²) in [6.07, 6.45) is 2.97. The normalized spacial score (nSPS) is 14.3. The molecular formula is C23H16BrNO6. The third kappa shape index (κ3) is 4.75. The summed E-state index contributed by atoms with van der Waals surface area (Å²) in [6, 6.07) is 15.3. The summed E-state index contributed by atoms with van der Waals surface area (Å²) in [7, 11) is 0. The van der Waals surface area contributed by atoms with Gasteiger partial charge in [0.15, 0.2) is 17.2 Å². The fraction of sp³-hybridized carbons (Fsp3) is 0.0870. The summed E-state index contributed by atoms with van der Waals surface area (Å²) in [6.45, 7) is 2.17. The Morgan fingerprint density at radius 3 is 2.65 bits per heavy atom. The first-order chi connectivity index (χ1) is 15.0. The number of nitrogens with zero attached hydrogens (tertiary/aromatic N) is 1. The summed E-state index contributed by atoms with van der Waals surface area (Å²) in [5.74, 6) is -0.294. The number of rotatable bonds is 6. The van der Waals surface area contributed by atoms with Crippen LogP contribution in [0.1, 0.15) is 28.6 Å². The Morgan fingerprint density at radius 2 is 1.94 bits per heavy atom. The number of cyclic esters (lactones) is 1. The third-order valence-corrected chi connectivity index (χ3v) is 4.74. The first-order valence-electron chi connectivity index (χ1n) is 9.34. The van der Waals surface area contributed by atoms with Crippen LogP contribution in [0.3, 0.4) is 0 Å². The zero-order valence-corrected chi connectivity index (χ0v) is 17.9. The SMILES string of the molecule is CCOc1cc(/C=C2/N=C(c3ccc(Br)cc3)OC2=O)ccc1OC(=O)c1ccco1. The topological polar surface area (TPSA) is 87.3 Å². The van der Waals surface area contributed by atoms with E-state index in [0.29, 0.717) is 23.5 Å². The Bertz CT molecular complexity index is 1180. The van der Waals surface area contributed by atoms with Gasteiger partial charge < -0.3 is 18.6 Å². The Balaban J connectivity index is 1.59. The van der Waals surface area contributed by atoms with E-state index in [1.54, 1.807) is 42.5 Å². The van der Waals surface area contributed by atoms with Crippen molar-refractivity contribution in [3.05, 3.63) is 87.9 Å². The maximum Gasteiger partial charge on any atom is 0.379 e. The van der Waals surface area contributed by atoms with Crippen LogP contribution in [0.25, 0.3) is 6.08 Å². The fourth-order valence-electron chi connectivity index (χ4n) is 2.79. The van der Waals surface area contributed by atoms with Gasteiger partial charge in [-0.3, -0.25) is 0 Å². The second-order valence-corrected chi connectivity index (χ2v) is 7.26. The molecule has 0 N–H and O–H groups in total. The quantitative estimate of drug-likeness (QED) is 0.279. The van der Waals surface area contributed by atoms with Gasteiger partial charge in [-0.25, -0.2) is 14.6 Å². The van der Waals surface area contributed by atoms with E-state index >= 15 is 0 Å². The molecule has 0 unspecified atom stereocenters. The lowest BCUT2D eigenvalue weighted by Gasteiger charge is -2.10. The van der Waals surface area contributed by atoms with E-state index in [9.17, 15) is 9.59 Å². The van der Waals surface area contributed by atoms with Gasteiger partial charge in [0, 0.05) is 10.0 Å². The average Bonchev–Trinajstić information content (AvgIpc) is 3.41. The average molecular weight is 482 g/mol. The minimum Gasteiger partial charge on any atom is -0.490 e. The van der Waals surface area contributed by atoms with Gasteiger partial charge >= 0.3 is 11.9 Å². The van der Waals surface area contributed by atoms with Gasteiger partial charge in [0.1, 0.15) is 0 Å². The minimum absolute atomic E-state index is 0.0807. The predicted octanol–water partition coefficient (Wildman–Crippen LogP) is 5.00. The molecule has 0 saturated carbocycles. The highest BCUT2D eigenvalue weighted by Gasteiger charge is 2.24. The van der Waals surface area contributed by atoms with Crippen molar-refractivity contribution in [2.75, 3.05) is 6.61 Å². The van der Waals surface area contributed by atoms with Gasteiger partial charge in [0.2, 0.25) is 11.7 Å². The number of hydrogen-bond acceptors (Lipinski definition) is 7. The van der Waals surface area contributed by atoms with Crippen molar-refractivity contribution in [2.24, 2.45) is 4.99 Å². The van der Waals surface area contributed by atoms with Crippen molar-refractivity contribution in [1.29, 1.82) is 0 Å². The van der Waals surface area contributed by atoms with Crippen molar-refractivity contribution >= 4 is 39.8 Å². The number of furan rings is 1. The molecule has 0 radical (unpaired) electrons. The molecule has 0 saturated heterocycles. The first-order valence-corrected chi connectivity index (χ1v) is 10.1. The molecule has 1 aromatic heterocycles. The van der Waals surface area contributed by atoms with Crippen molar-refractivity contribution < 1.29 is 28.2 Å². The monoisotopic (exact) mass is 481 g/mol. The maximum absolute atomic E-state index is 12.3. The van der Waals surface area contributed by atoms with Gasteiger partial charge in [-0.05, 0) is 67.1 Å². The van der Waals surface area contributed by atoms with Gasteiger partial charge in [-0.2, -0.15) is 0 Å². The lowest BCUT2D eigenvalue weighted by molar-refractivity contribution is -0.129. The Hall–Kier alpha value is -3.65. The molecule has 8 heteroatoms. The van der Waals surface area contributed by atoms with Crippen LogP contribution < -0.4 is 9.47 Å². The molecule has 2 aromatic carbocycles. The lowest BCUT2D eigenvalue weighted by atomic mass is 10.1. The smallest absolute Gasteiger partial charge is 0.379 e. The van der Waals surface area contributed by atoms with E-state index < -0.39 is 11.9 Å². The highest BCUT2D eigenvalue weighted by Crippen LogP contribution is 2.31. The summed E-state index contributed by atoms with van der Waals surface area (Å²) in [5, 5.41) is 0. The fourth-order valence-corrected chi connectivity index (χ4v) is 3.06. The summed E-state index contributed by atoms with van der Waals surface area (Å²) in [4.78, 5) is 28.7. The standard InChI is InChI=1S/C23H16BrNO6/c1-2-28-20-13-14(5-10-18(20)30-23(27)19-4-3-11-29-19)12-17-22(26)31-21(25-17)15-6-8-16(24)9-7-15/h3-13H,2H2,1H3/b17-12+. The molecule has 1 aliphatic rings. The Morgan fingerprint density at radius 1 is 1.13 bits per heavy atom. The number of aliphatic imine (C=N–C) groups is 1. The van der Waals surface area contributed by atoms with E-state index in [0.717, 1.165) is 4.47 Å². The zero-order chi connectivity index (χ0) is 21.8. The molecule has 4 rings (SSSR count). The number of halogens is 1. The number of ether oxygens (including phenoxy) is 3. The summed E-state index contributed by atoms with van der Waals surface area (Å²) < 4.78 is 22.2. The molecular weight excluding hydrogens is 466 g/mol. The molecule has 1 aliphatic heterocycles. The van der Waals surface area contributed by atoms with Crippen LogP contribution in [0, 0.1) is 0 Å². The van der Waals surface area contributed by atoms with Crippen molar-refractivity contribution in [3.8, 4) is 11.5 Å². The molecule has 0 bridgehead atoms. The van der Waals surface area contributed by atoms with Crippen LogP contribution in [0.4, 0.5) is 0 Å². The molecule has 31 heavy (non-hydrogen) atoms. The minimum atomic E-state index is -0.639. The van der Waals surface area contributed by atoms with Crippen LogP contribution in [0.2, 0.25) is 0 Å². The van der Waals surface area contributed by atoms with E-state index in [4.69, 9.17) is 18.6 Å². The number of esters is 2. The van der Waals surface area contributed by atoms with Crippen LogP contribution in [-0.2, 0) is 9.53 Å². The lowest BCUT2D eigenvalue weighted by Crippen LogP contribution is -2.08. The summed E-state index contributed by atoms with van der Waals surface area (Å²) >= 11 is 3.37. The van der Waals surface area contributed by atoms with E-state index in [-0.39, 0.29) is 23.1 Å². The highest BCUT2D eigenvalue weighted by atomic mass is 79.9. The van der Waals surface area contributed by atoms with E-state index in [1.165, 1.54) is 12.3 Å². The van der Waals surface area contributed by atoms with Gasteiger partial charge in [0.05, 0.1) is 12.9 Å². The molecule has 7 nitrogen and oxygen atoms in total. The van der Waals surface area contributed by atoms with Crippen molar-refractivity contribution in [3.63, 3.8) is 0 Å². The Labute approximate surface area is 186 Å². The van der Waals surface area contributed by atoms with E-state index in [1.807, 2.05) is 19.1 Å². The molecule has 0 atom stereocenters. The maximum atomic E-state index is 12.3. The first kappa shape index (κ1) is 20.6. The molecule has 0 fully saturated rings. The predicted molar refractivity (Wildman–Crippen MR) is 116 cm³/mol. The van der Waals surface area contributed by atoms with Crippen LogP contribution in [-0.4, -0.2) is 24.4 Å². The Kier molecular flexibility index (Phi) is 5.99. The van der Waals surface area contributed by atoms with Crippen molar-refractivity contribution in [1.82, 2.24) is 0 Å². The highest BCUT2D eigenvalue weighted by molar-refractivity contribution is 9.10. The summed E-state index contributed by atoms with van der Waals surface area (Å²) in [5.41, 5.74) is 1.48. The molecule has 0 aliphatic carbocycles. The second kappa shape index (κ2) is 9.01. The van der Waals surface area contributed by atoms with Crippen LogP contribution in [0.5, 0.6) is 11.5 Å². The van der Waals surface area contributed by atoms with Gasteiger partial charge in [0.25, 0.3) is 0 Å². The largest absolute Gasteiger partial charge is 0.490 e. The molecule has 0 amide bonds. The second-order valence-electron chi connectivity index (χ2n) is 6.35. The van der Waals surface area contributed by atoms with Gasteiger partial charge in [-0.1, -0.05) is 22.0 Å². The number of hydrogen-bond donors (Lipinski definition) is 0.